The molecule has 1 N–H and O–H groups in total. The number of aromatic nitrogens is 4. The van der Waals surface area contributed by atoms with Gasteiger partial charge in [0.15, 0.2) is 0 Å². The fourth-order valence-corrected chi connectivity index (χ4v) is 4.20. The second-order valence-electron chi connectivity index (χ2n) is 8.28. The number of nitrogens with one attached hydrogen (secondary N) is 1. The van der Waals surface area contributed by atoms with Crippen LogP contribution in [0.15, 0.2) is 47.2 Å². The summed E-state index contributed by atoms with van der Waals surface area (Å²) in [7, 11) is 0. The van der Waals surface area contributed by atoms with Crippen LogP contribution in [0, 0.1) is 5.92 Å². The monoisotopic (exact) mass is 418 g/mol. The average Bonchev–Trinajstić information content (AvgIpc) is 3.26. The zero-order valence-electron chi connectivity index (χ0n) is 17.4. The average molecular weight is 419 g/mol. The highest BCUT2D eigenvalue weighted by molar-refractivity contribution is 5.80. The molecule has 1 amide bonds. The van der Waals surface area contributed by atoms with Crippen molar-refractivity contribution in [2.24, 2.45) is 5.92 Å². The van der Waals surface area contributed by atoms with Gasteiger partial charge in [-0.3, -0.25) is 9.78 Å². The highest BCUT2D eigenvalue weighted by atomic mass is 16.5. The summed E-state index contributed by atoms with van der Waals surface area (Å²) in [6.45, 7) is 1.91. The highest BCUT2D eigenvalue weighted by Gasteiger charge is 2.30. The Bertz CT molecular complexity index is 1030. The summed E-state index contributed by atoms with van der Waals surface area (Å²) in [5.41, 5.74) is 1.71. The van der Waals surface area contributed by atoms with Gasteiger partial charge in [-0.1, -0.05) is 17.6 Å². The maximum atomic E-state index is 12.8. The first-order valence-electron chi connectivity index (χ1n) is 11.0. The first kappa shape index (κ1) is 19.7. The first-order chi connectivity index (χ1) is 15.3. The van der Waals surface area contributed by atoms with E-state index in [1.165, 1.54) is 6.42 Å². The minimum absolute atomic E-state index is 0.0552. The van der Waals surface area contributed by atoms with Gasteiger partial charge in [0.1, 0.15) is 5.82 Å². The Morgan fingerprint density at radius 1 is 1.10 bits per heavy atom. The molecule has 1 atom stereocenters. The number of hydrogen-bond donors (Lipinski definition) is 1. The zero-order chi connectivity index (χ0) is 21.0. The summed E-state index contributed by atoms with van der Waals surface area (Å²) in [5, 5.41) is 7.25. The topological polar surface area (TPSA) is 97.0 Å². The van der Waals surface area contributed by atoms with Gasteiger partial charge < -0.3 is 14.7 Å². The Labute approximate surface area is 181 Å². The number of anilines is 1. The third kappa shape index (κ3) is 4.28. The summed E-state index contributed by atoms with van der Waals surface area (Å²) in [6, 6.07) is 9.57. The second-order valence-corrected chi connectivity index (χ2v) is 8.28. The Balaban J connectivity index is 1.29. The molecule has 0 radical (unpaired) electrons. The van der Waals surface area contributed by atoms with Crippen molar-refractivity contribution in [3.8, 4) is 11.4 Å². The van der Waals surface area contributed by atoms with Gasteiger partial charge in [0.2, 0.25) is 17.6 Å². The van der Waals surface area contributed by atoms with E-state index in [4.69, 9.17) is 4.52 Å². The molecule has 8 nitrogen and oxygen atoms in total. The molecule has 3 aromatic heterocycles. The molecule has 0 aromatic carbocycles. The Kier molecular flexibility index (Phi) is 5.60. The number of piperidine rings is 1. The second kappa shape index (κ2) is 8.83. The van der Waals surface area contributed by atoms with Crippen LogP contribution in [0.3, 0.4) is 0 Å². The van der Waals surface area contributed by atoms with E-state index >= 15 is 0 Å². The fourth-order valence-electron chi connectivity index (χ4n) is 4.20. The molecule has 31 heavy (non-hydrogen) atoms. The lowest BCUT2D eigenvalue weighted by Crippen LogP contribution is -2.43. The van der Waals surface area contributed by atoms with E-state index in [1.807, 2.05) is 30.3 Å². The van der Waals surface area contributed by atoms with Crippen LogP contribution >= 0.6 is 0 Å². The van der Waals surface area contributed by atoms with Crippen molar-refractivity contribution in [1.29, 1.82) is 0 Å². The van der Waals surface area contributed by atoms with Crippen LogP contribution in [0.5, 0.6) is 0 Å². The molecule has 2 fully saturated rings. The van der Waals surface area contributed by atoms with E-state index in [9.17, 15) is 4.79 Å². The van der Waals surface area contributed by atoms with E-state index < -0.39 is 0 Å². The first-order valence-corrected chi connectivity index (χ1v) is 11.0. The number of rotatable bonds is 6. The van der Waals surface area contributed by atoms with Crippen molar-refractivity contribution in [3.05, 3.63) is 54.3 Å². The SMILES string of the molecule is O=C(NCc1ccccn1)C1CCCN(c2ncccc2-c2noc(C3CCC3)n2)C1. The molecule has 4 heterocycles. The fraction of sp³-hybridized carbons (Fsp3) is 0.435. The van der Waals surface area contributed by atoms with Crippen LogP contribution in [-0.2, 0) is 11.3 Å². The third-order valence-electron chi connectivity index (χ3n) is 6.19. The lowest BCUT2D eigenvalue weighted by Gasteiger charge is -2.33. The van der Waals surface area contributed by atoms with Crippen LogP contribution in [0.4, 0.5) is 5.82 Å². The van der Waals surface area contributed by atoms with Gasteiger partial charge in [0, 0.05) is 31.4 Å². The number of amides is 1. The van der Waals surface area contributed by atoms with E-state index in [1.54, 1.807) is 12.4 Å². The normalized spacial score (nSPS) is 19.1. The molecule has 160 valence electrons. The van der Waals surface area contributed by atoms with E-state index in [0.29, 0.717) is 24.8 Å². The summed E-state index contributed by atoms with van der Waals surface area (Å²) in [4.78, 5) is 28.5. The number of nitrogens with zero attached hydrogens (tertiary/aromatic N) is 5. The quantitative estimate of drug-likeness (QED) is 0.656. The largest absolute Gasteiger partial charge is 0.355 e. The molecule has 8 heteroatoms. The van der Waals surface area contributed by atoms with E-state index in [0.717, 1.165) is 55.2 Å². The number of carbonyl (C=O) groups excluding carboxylic acids is 1. The van der Waals surface area contributed by atoms with E-state index in [-0.39, 0.29) is 11.8 Å². The molecule has 3 aromatic rings. The molecule has 1 aliphatic carbocycles. The summed E-state index contributed by atoms with van der Waals surface area (Å²) < 4.78 is 5.52. The Morgan fingerprint density at radius 2 is 2.00 bits per heavy atom. The smallest absolute Gasteiger partial charge is 0.230 e. The lowest BCUT2D eigenvalue weighted by atomic mass is 9.85. The van der Waals surface area contributed by atoms with Gasteiger partial charge in [0.05, 0.1) is 23.7 Å². The van der Waals surface area contributed by atoms with Gasteiger partial charge >= 0.3 is 0 Å². The molecular weight excluding hydrogens is 392 g/mol. The van der Waals surface area contributed by atoms with Gasteiger partial charge in [0.25, 0.3) is 0 Å². The molecule has 0 spiro atoms. The maximum Gasteiger partial charge on any atom is 0.230 e. The summed E-state index contributed by atoms with van der Waals surface area (Å²) >= 11 is 0. The van der Waals surface area contributed by atoms with Crippen LogP contribution in [0.1, 0.15) is 49.6 Å². The lowest BCUT2D eigenvalue weighted by molar-refractivity contribution is -0.125. The molecule has 0 bridgehead atoms. The van der Waals surface area contributed by atoms with Crippen LogP contribution in [-0.4, -0.2) is 39.1 Å². The van der Waals surface area contributed by atoms with Crippen LogP contribution in [0.25, 0.3) is 11.4 Å². The Morgan fingerprint density at radius 3 is 2.81 bits per heavy atom. The predicted molar refractivity (Wildman–Crippen MR) is 115 cm³/mol. The standard InChI is InChI=1S/C23H26N6O2/c30-22(26-14-18-9-1-2-11-24-18)17-8-5-13-29(15-17)21-19(10-4-12-25-21)20-27-23(31-28-20)16-6-3-7-16/h1-2,4,9-12,16-17H,3,5-8,13-15H2,(H,26,30). The minimum atomic E-state index is -0.0943. The third-order valence-corrected chi connectivity index (χ3v) is 6.19. The molecular formula is C23H26N6O2. The van der Waals surface area contributed by atoms with Gasteiger partial charge in [-0.05, 0) is 49.9 Å². The van der Waals surface area contributed by atoms with Crippen molar-refractivity contribution in [3.63, 3.8) is 0 Å². The molecule has 5 rings (SSSR count). The highest BCUT2D eigenvalue weighted by Crippen LogP contribution is 2.37. The van der Waals surface area contributed by atoms with Crippen molar-refractivity contribution in [1.82, 2.24) is 25.4 Å². The maximum absolute atomic E-state index is 12.8. The molecule has 1 unspecified atom stereocenters. The summed E-state index contributed by atoms with van der Waals surface area (Å²) in [5.74, 6) is 2.46. The summed E-state index contributed by atoms with van der Waals surface area (Å²) in [6.07, 6.45) is 8.75. The van der Waals surface area contributed by atoms with Crippen molar-refractivity contribution in [2.75, 3.05) is 18.0 Å². The molecule has 1 aliphatic heterocycles. The number of hydrogen-bond acceptors (Lipinski definition) is 7. The Hall–Kier alpha value is -3.29. The molecule has 1 saturated carbocycles. The van der Waals surface area contributed by atoms with Gasteiger partial charge in [-0.25, -0.2) is 4.98 Å². The van der Waals surface area contributed by atoms with Crippen molar-refractivity contribution >= 4 is 11.7 Å². The molecule has 1 saturated heterocycles. The van der Waals surface area contributed by atoms with Crippen molar-refractivity contribution in [2.45, 2.75) is 44.6 Å². The molecule has 2 aliphatic rings. The van der Waals surface area contributed by atoms with Crippen LogP contribution < -0.4 is 10.2 Å². The van der Waals surface area contributed by atoms with Gasteiger partial charge in [-0.2, -0.15) is 4.98 Å². The number of pyridine rings is 2. The number of carbonyl (C=O) groups is 1. The predicted octanol–water partition coefficient (Wildman–Crippen LogP) is 3.33. The van der Waals surface area contributed by atoms with Crippen molar-refractivity contribution < 1.29 is 9.32 Å². The minimum Gasteiger partial charge on any atom is -0.355 e. The van der Waals surface area contributed by atoms with Crippen LogP contribution in [0.2, 0.25) is 0 Å². The zero-order valence-corrected chi connectivity index (χ0v) is 17.4. The van der Waals surface area contributed by atoms with E-state index in [2.05, 4.69) is 30.3 Å². The van der Waals surface area contributed by atoms with Gasteiger partial charge in [-0.15, -0.1) is 0 Å².